The van der Waals surface area contributed by atoms with E-state index in [0.29, 0.717) is 23.2 Å². The van der Waals surface area contributed by atoms with Gasteiger partial charge in [-0.2, -0.15) is 10.1 Å². The van der Waals surface area contributed by atoms with E-state index in [1.54, 1.807) is 21.5 Å². The average Bonchev–Trinajstić information content (AvgIpc) is 3.24. The number of carbonyl (C=O) groups is 1. The molecule has 0 bridgehead atoms. The maximum atomic E-state index is 12.6. The molecule has 0 atom stereocenters. The number of fused-ring (bicyclic) bond motifs is 1. The fraction of sp³-hybridized carbons (Fsp3) is 0.167. The fourth-order valence-corrected chi connectivity index (χ4v) is 2.89. The van der Waals surface area contributed by atoms with Crippen molar-refractivity contribution in [2.24, 2.45) is 0 Å². The van der Waals surface area contributed by atoms with Crippen LogP contribution >= 0.6 is 11.6 Å². The van der Waals surface area contributed by atoms with Gasteiger partial charge in [0.25, 0.3) is 11.7 Å². The number of hydrogen-bond acceptors (Lipinski definition) is 5. The van der Waals surface area contributed by atoms with Crippen molar-refractivity contribution in [1.29, 1.82) is 0 Å². The Bertz CT molecular complexity index is 1130. The van der Waals surface area contributed by atoms with Crippen molar-refractivity contribution >= 4 is 29.1 Å². The summed E-state index contributed by atoms with van der Waals surface area (Å²) >= 11 is 5.92. The van der Waals surface area contributed by atoms with Gasteiger partial charge in [-0.1, -0.05) is 23.7 Å². The molecule has 0 radical (unpaired) electrons. The number of benzene rings is 1. The van der Waals surface area contributed by atoms with E-state index in [9.17, 15) is 4.79 Å². The monoisotopic (exact) mass is 381 g/mol. The second-order valence-electron chi connectivity index (χ2n) is 6.14. The van der Waals surface area contributed by atoms with Crippen molar-refractivity contribution in [2.75, 3.05) is 5.32 Å². The van der Waals surface area contributed by atoms with Crippen LogP contribution in [-0.4, -0.2) is 35.3 Å². The normalized spacial score (nSPS) is 11.1. The number of halogens is 1. The smallest absolute Gasteiger partial charge is 0.296 e. The number of aryl methyl sites for hydroxylation is 2. The lowest BCUT2D eigenvalue weighted by Crippen LogP contribution is -2.17. The van der Waals surface area contributed by atoms with Crippen LogP contribution in [0.3, 0.4) is 0 Å². The van der Waals surface area contributed by atoms with Crippen LogP contribution in [0.15, 0.2) is 42.6 Å². The molecule has 0 aliphatic carbocycles. The molecule has 3 heterocycles. The van der Waals surface area contributed by atoms with Crippen molar-refractivity contribution < 1.29 is 4.79 Å². The minimum Gasteiger partial charge on any atom is -0.304 e. The van der Waals surface area contributed by atoms with Crippen LogP contribution in [-0.2, 0) is 6.54 Å². The molecule has 136 valence electrons. The average molecular weight is 382 g/mol. The number of aromatic nitrogens is 6. The summed E-state index contributed by atoms with van der Waals surface area (Å²) in [6.45, 7) is 4.26. The number of nitrogens with zero attached hydrogens (tertiary/aromatic N) is 6. The zero-order chi connectivity index (χ0) is 19.0. The van der Waals surface area contributed by atoms with Gasteiger partial charge in [0.15, 0.2) is 0 Å². The number of rotatable bonds is 4. The molecule has 0 aliphatic rings. The van der Waals surface area contributed by atoms with Crippen LogP contribution in [0.2, 0.25) is 5.02 Å². The van der Waals surface area contributed by atoms with Crippen LogP contribution in [0.1, 0.15) is 27.6 Å². The second-order valence-corrected chi connectivity index (χ2v) is 6.58. The van der Waals surface area contributed by atoms with Crippen LogP contribution in [0, 0.1) is 13.8 Å². The summed E-state index contributed by atoms with van der Waals surface area (Å²) < 4.78 is 3.23. The third kappa shape index (κ3) is 3.52. The van der Waals surface area contributed by atoms with Crippen molar-refractivity contribution in [3.8, 4) is 0 Å². The summed E-state index contributed by atoms with van der Waals surface area (Å²) in [5.41, 5.74) is 2.69. The van der Waals surface area contributed by atoms with Gasteiger partial charge in [-0.3, -0.25) is 4.79 Å². The summed E-state index contributed by atoms with van der Waals surface area (Å²) in [7, 11) is 0. The van der Waals surface area contributed by atoms with E-state index in [4.69, 9.17) is 11.6 Å². The molecular weight excluding hydrogens is 366 g/mol. The molecule has 4 rings (SSSR count). The molecule has 0 saturated carbocycles. The van der Waals surface area contributed by atoms with Gasteiger partial charge in [-0.25, -0.2) is 14.2 Å². The maximum absolute atomic E-state index is 12.6. The van der Waals surface area contributed by atoms with Gasteiger partial charge in [-0.05, 0) is 37.6 Å². The van der Waals surface area contributed by atoms with Crippen LogP contribution in [0.4, 0.5) is 5.82 Å². The molecule has 3 aromatic heterocycles. The highest BCUT2D eigenvalue weighted by Gasteiger charge is 2.17. The molecule has 27 heavy (non-hydrogen) atoms. The van der Waals surface area contributed by atoms with Crippen LogP contribution in [0.25, 0.3) is 5.78 Å². The van der Waals surface area contributed by atoms with E-state index >= 15 is 0 Å². The van der Waals surface area contributed by atoms with Crippen molar-refractivity contribution in [3.05, 3.63) is 70.4 Å². The predicted octanol–water partition coefficient (Wildman–Crippen LogP) is 2.89. The molecule has 1 amide bonds. The molecule has 0 aliphatic heterocycles. The number of anilines is 1. The Labute approximate surface area is 159 Å². The van der Waals surface area contributed by atoms with E-state index in [1.165, 1.54) is 0 Å². The van der Waals surface area contributed by atoms with Crippen molar-refractivity contribution in [2.45, 2.75) is 20.4 Å². The van der Waals surface area contributed by atoms with Crippen LogP contribution < -0.4 is 5.32 Å². The van der Waals surface area contributed by atoms with E-state index in [2.05, 4.69) is 25.5 Å². The largest absolute Gasteiger partial charge is 0.304 e. The topological polar surface area (TPSA) is 90.0 Å². The van der Waals surface area contributed by atoms with Crippen molar-refractivity contribution in [1.82, 2.24) is 29.4 Å². The molecule has 1 aromatic carbocycles. The standard InChI is InChI=1S/C18H16ClN7O/c1-11-9-12(2)26-18(21-11)23-16(24-26)17(27)22-15-7-8-20-25(15)10-13-3-5-14(19)6-4-13/h3-9H,10H2,1-2H3,(H,22,27). The quantitative estimate of drug-likeness (QED) is 0.587. The lowest BCUT2D eigenvalue weighted by Gasteiger charge is -2.08. The minimum atomic E-state index is -0.421. The van der Waals surface area contributed by atoms with Gasteiger partial charge >= 0.3 is 0 Å². The molecule has 0 spiro atoms. The SMILES string of the molecule is Cc1cc(C)n2nc(C(=O)Nc3ccnn3Cc3ccc(Cl)cc3)nc2n1. The van der Waals surface area contributed by atoms with Gasteiger partial charge in [0.05, 0.1) is 12.7 Å². The highest BCUT2D eigenvalue weighted by molar-refractivity contribution is 6.30. The fourth-order valence-electron chi connectivity index (χ4n) is 2.76. The number of nitrogens with one attached hydrogen (secondary N) is 1. The Morgan fingerprint density at radius 1 is 1.15 bits per heavy atom. The molecule has 1 N–H and O–H groups in total. The highest BCUT2D eigenvalue weighted by atomic mass is 35.5. The van der Waals surface area contributed by atoms with Gasteiger partial charge in [0.1, 0.15) is 5.82 Å². The van der Waals surface area contributed by atoms with Crippen LogP contribution in [0.5, 0.6) is 0 Å². The zero-order valence-corrected chi connectivity index (χ0v) is 15.5. The van der Waals surface area contributed by atoms with E-state index < -0.39 is 5.91 Å². The predicted molar refractivity (Wildman–Crippen MR) is 101 cm³/mol. The number of carbonyl (C=O) groups excluding carboxylic acids is 1. The van der Waals surface area contributed by atoms with Gasteiger partial charge < -0.3 is 5.32 Å². The van der Waals surface area contributed by atoms with Crippen molar-refractivity contribution in [3.63, 3.8) is 0 Å². The lowest BCUT2D eigenvalue weighted by molar-refractivity contribution is 0.101. The van der Waals surface area contributed by atoms with Gasteiger partial charge in [-0.15, -0.1) is 5.10 Å². The summed E-state index contributed by atoms with van der Waals surface area (Å²) in [5.74, 6) is 0.577. The summed E-state index contributed by atoms with van der Waals surface area (Å²) in [6.07, 6.45) is 1.62. The first-order valence-electron chi connectivity index (χ1n) is 8.28. The number of hydrogen-bond donors (Lipinski definition) is 1. The Morgan fingerprint density at radius 2 is 1.93 bits per heavy atom. The first-order chi connectivity index (χ1) is 13.0. The van der Waals surface area contributed by atoms with Gasteiger partial charge in [0, 0.05) is 22.5 Å². The molecule has 0 fully saturated rings. The highest BCUT2D eigenvalue weighted by Crippen LogP contribution is 2.14. The molecule has 0 saturated heterocycles. The summed E-state index contributed by atoms with van der Waals surface area (Å²) in [5, 5.41) is 12.0. The minimum absolute atomic E-state index is 0.0513. The lowest BCUT2D eigenvalue weighted by atomic mass is 10.2. The molecule has 9 heteroatoms. The third-order valence-electron chi connectivity index (χ3n) is 4.03. The Morgan fingerprint density at radius 3 is 2.70 bits per heavy atom. The van der Waals surface area contributed by atoms with E-state index in [0.717, 1.165) is 17.0 Å². The maximum Gasteiger partial charge on any atom is 0.296 e. The molecule has 0 unspecified atom stereocenters. The first kappa shape index (κ1) is 17.2. The van der Waals surface area contributed by atoms with E-state index in [1.807, 2.05) is 44.2 Å². The van der Waals surface area contributed by atoms with Gasteiger partial charge in [0.2, 0.25) is 5.82 Å². The number of amides is 1. The Balaban J connectivity index is 1.56. The zero-order valence-electron chi connectivity index (χ0n) is 14.7. The first-order valence-corrected chi connectivity index (χ1v) is 8.66. The Kier molecular flexibility index (Phi) is 4.33. The molecular formula is C18H16ClN7O. The summed E-state index contributed by atoms with van der Waals surface area (Å²) in [4.78, 5) is 21.1. The summed E-state index contributed by atoms with van der Waals surface area (Å²) in [6, 6.07) is 11.1. The molecule has 4 aromatic rings. The Hall–Kier alpha value is -3.26. The second kappa shape index (κ2) is 6.81. The third-order valence-corrected chi connectivity index (χ3v) is 4.28. The molecule has 8 nitrogen and oxygen atoms in total. The van der Waals surface area contributed by atoms with E-state index in [-0.39, 0.29) is 5.82 Å².